The Hall–Kier alpha value is -1.30. The Balaban J connectivity index is 2.57. The molecule has 0 unspecified atom stereocenters. The molecule has 0 aliphatic carbocycles. The summed E-state index contributed by atoms with van der Waals surface area (Å²) in [5.74, 6) is -0.438. The van der Waals surface area contributed by atoms with Crippen LogP contribution in [-0.4, -0.2) is 55.9 Å². The zero-order chi connectivity index (χ0) is 13.8. The fraction of sp³-hybridized carbons (Fsp3) is 0.833. The molecule has 0 bridgehead atoms. The topological polar surface area (TPSA) is 67.9 Å². The van der Waals surface area contributed by atoms with Gasteiger partial charge in [-0.15, -0.1) is 0 Å². The molecule has 0 aromatic carbocycles. The van der Waals surface area contributed by atoms with Crippen LogP contribution in [0.1, 0.15) is 26.7 Å². The second-order valence-corrected chi connectivity index (χ2v) is 4.95. The fourth-order valence-corrected chi connectivity index (χ4v) is 1.75. The lowest BCUT2D eigenvalue weighted by Gasteiger charge is -2.34. The van der Waals surface area contributed by atoms with E-state index in [1.165, 1.54) is 12.0 Å². The maximum Gasteiger partial charge on any atom is 0.331 e. The number of nitrogens with one attached hydrogen (secondary N) is 1. The third kappa shape index (κ3) is 3.35. The van der Waals surface area contributed by atoms with E-state index in [4.69, 9.17) is 9.47 Å². The average molecular weight is 258 g/mol. The van der Waals surface area contributed by atoms with Crippen molar-refractivity contribution in [3.63, 3.8) is 0 Å². The Morgan fingerprint density at radius 1 is 1.33 bits per heavy atom. The highest BCUT2D eigenvalue weighted by atomic mass is 16.5. The lowest BCUT2D eigenvalue weighted by molar-refractivity contribution is -0.150. The molecule has 1 N–H and O–H groups in total. The van der Waals surface area contributed by atoms with Crippen LogP contribution in [-0.2, 0) is 14.3 Å². The molecular formula is C12H22N2O4. The second kappa shape index (κ2) is 6.04. The SMILES string of the molecule is COC(=O)C(C)(C)N(C)C(=O)NC1CCOCC1. The van der Waals surface area contributed by atoms with Crippen molar-refractivity contribution in [3.8, 4) is 0 Å². The van der Waals surface area contributed by atoms with Crippen LogP contribution < -0.4 is 5.32 Å². The first-order chi connectivity index (χ1) is 8.39. The number of likely N-dealkylation sites (N-methyl/N-ethyl adjacent to an activating group) is 1. The van der Waals surface area contributed by atoms with Crippen molar-refractivity contribution in [3.05, 3.63) is 0 Å². The smallest absolute Gasteiger partial charge is 0.331 e. The molecule has 6 nitrogen and oxygen atoms in total. The van der Waals surface area contributed by atoms with Crippen molar-refractivity contribution in [1.82, 2.24) is 10.2 Å². The molecule has 0 radical (unpaired) electrons. The molecule has 104 valence electrons. The van der Waals surface area contributed by atoms with E-state index in [9.17, 15) is 9.59 Å². The van der Waals surface area contributed by atoms with Crippen LogP contribution in [0.25, 0.3) is 0 Å². The van der Waals surface area contributed by atoms with Crippen LogP contribution in [0.2, 0.25) is 0 Å². The van der Waals surface area contributed by atoms with E-state index in [0.717, 1.165) is 12.8 Å². The molecule has 1 heterocycles. The Kier molecular flexibility index (Phi) is 4.95. The molecule has 0 atom stereocenters. The highest BCUT2D eigenvalue weighted by molar-refractivity contribution is 5.86. The minimum Gasteiger partial charge on any atom is -0.467 e. The molecule has 18 heavy (non-hydrogen) atoms. The number of urea groups is 1. The highest BCUT2D eigenvalue weighted by Gasteiger charge is 2.37. The molecule has 1 aliphatic heterocycles. The van der Waals surface area contributed by atoms with E-state index in [1.807, 2.05) is 0 Å². The number of esters is 1. The molecule has 1 saturated heterocycles. The predicted molar refractivity (Wildman–Crippen MR) is 66.2 cm³/mol. The summed E-state index contributed by atoms with van der Waals surface area (Å²) in [6.07, 6.45) is 1.61. The van der Waals surface area contributed by atoms with Crippen LogP contribution in [0, 0.1) is 0 Å². The molecule has 2 amide bonds. The molecule has 1 fully saturated rings. The van der Waals surface area contributed by atoms with Crippen molar-refractivity contribution >= 4 is 12.0 Å². The van der Waals surface area contributed by atoms with Gasteiger partial charge in [0.2, 0.25) is 0 Å². The fourth-order valence-electron chi connectivity index (χ4n) is 1.75. The summed E-state index contributed by atoms with van der Waals surface area (Å²) in [5.41, 5.74) is -0.982. The first-order valence-corrected chi connectivity index (χ1v) is 6.10. The van der Waals surface area contributed by atoms with Gasteiger partial charge in [-0.05, 0) is 26.7 Å². The zero-order valence-electron chi connectivity index (χ0n) is 11.5. The van der Waals surface area contributed by atoms with Gasteiger partial charge in [0.25, 0.3) is 0 Å². The standard InChI is InChI=1S/C12H22N2O4/c1-12(2,10(15)17-4)14(3)11(16)13-9-5-7-18-8-6-9/h9H,5-8H2,1-4H3,(H,13,16). The van der Waals surface area contributed by atoms with Crippen LogP contribution in [0.5, 0.6) is 0 Å². The molecule has 1 aliphatic rings. The van der Waals surface area contributed by atoms with Gasteiger partial charge < -0.3 is 19.7 Å². The largest absolute Gasteiger partial charge is 0.467 e. The Bertz CT molecular complexity index is 311. The molecule has 0 spiro atoms. The summed E-state index contributed by atoms with van der Waals surface area (Å²) >= 11 is 0. The highest BCUT2D eigenvalue weighted by Crippen LogP contribution is 2.15. The monoisotopic (exact) mass is 258 g/mol. The second-order valence-electron chi connectivity index (χ2n) is 4.95. The molecule has 0 aromatic heterocycles. The summed E-state index contributed by atoms with van der Waals surface area (Å²) in [4.78, 5) is 25.0. The van der Waals surface area contributed by atoms with E-state index < -0.39 is 11.5 Å². The minimum atomic E-state index is -0.982. The maximum absolute atomic E-state index is 12.0. The van der Waals surface area contributed by atoms with Gasteiger partial charge in [0, 0.05) is 26.3 Å². The van der Waals surface area contributed by atoms with E-state index >= 15 is 0 Å². The molecule has 0 saturated carbocycles. The Labute approximate surface area is 108 Å². The molecular weight excluding hydrogens is 236 g/mol. The molecule has 0 aromatic rings. The van der Waals surface area contributed by atoms with Crippen molar-refractivity contribution < 1.29 is 19.1 Å². The quantitative estimate of drug-likeness (QED) is 0.759. The van der Waals surface area contributed by atoms with Gasteiger partial charge in [-0.3, -0.25) is 0 Å². The van der Waals surface area contributed by atoms with Gasteiger partial charge in [0.1, 0.15) is 5.54 Å². The van der Waals surface area contributed by atoms with Gasteiger partial charge in [0.05, 0.1) is 7.11 Å². The minimum absolute atomic E-state index is 0.113. The number of rotatable bonds is 3. The van der Waals surface area contributed by atoms with Crippen LogP contribution >= 0.6 is 0 Å². The first-order valence-electron chi connectivity index (χ1n) is 6.10. The number of methoxy groups -OCH3 is 1. The van der Waals surface area contributed by atoms with E-state index in [-0.39, 0.29) is 12.1 Å². The maximum atomic E-state index is 12.0. The van der Waals surface area contributed by atoms with Gasteiger partial charge in [-0.1, -0.05) is 0 Å². The van der Waals surface area contributed by atoms with E-state index in [2.05, 4.69) is 5.32 Å². The summed E-state index contributed by atoms with van der Waals surface area (Å²) in [6.45, 7) is 4.63. The van der Waals surface area contributed by atoms with Gasteiger partial charge in [-0.25, -0.2) is 9.59 Å². The number of ether oxygens (including phenoxy) is 2. The van der Waals surface area contributed by atoms with Gasteiger partial charge in [-0.2, -0.15) is 0 Å². The lowest BCUT2D eigenvalue weighted by atomic mass is 10.0. The zero-order valence-corrected chi connectivity index (χ0v) is 11.5. The number of hydrogen-bond acceptors (Lipinski definition) is 4. The summed E-state index contributed by atoms with van der Waals surface area (Å²) in [6, 6.07) is -0.153. The third-order valence-corrected chi connectivity index (χ3v) is 3.38. The summed E-state index contributed by atoms with van der Waals surface area (Å²) < 4.78 is 9.92. The van der Waals surface area contributed by atoms with E-state index in [1.54, 1.807) is 20.9 Å². The van der Waals surface area contributed by atoms with Gasteiger partial charge >= 0.3 is 12.0 Å². The first kappa shape index (κ1) is 14.8. The third-order valence-electron chi connectivity index (χ3n) is 3.38. The number of carbonyl (C=O) groups is 2. The normalized spacial score (nSPS) is 17.1. The summed E-state index contributed by atoms with van der Waals surface area (Å²) in [5, 5.41) is 2.90. The van der Waals surface area contributed by atoms with Crippen LogP contribution in [0.4, 0.5) is 4.79 Å². The average Bonchev–Trinajstić information content (AvgIpc) is 2.37. The number of hydrogen-bond donors (Lipinski definition) is 1. The van der Waals surface area contributed by atoms with Gasteiger partial charge in [0.15, 0.2) is 0 Å². The van der Waals surface area contributed by atoms with Crippen molar-refractivity contribution in [2.75, 3.05) is 27.4 Å². The number of carbonyl (C=O) groups excluding carboxylic acids is 2. The Morgan fingerprint density at radius 2 is 1.89 bits per heavy atom. The Morgan fingerprint density at radius 3 is 2.39 bits per heavy atom. The van der Waals surface area contributed by atoms with E-state index in [0.29, 0.717) is 13.2 Å². The predicted octanol–water partition coefficient (Wildman–Crippen LogP) is 0.758. The van der Waals surface area contributed by atoms with Crippen molar-refractivity contribution in [2.45, 2.75) is 38.3 Å². The van der Waals surface area contributed by atoms with Crippen LogP contribution in [0.15, 0.2) is 0 Å². The molecule has 1 rings (SSSR count). The number of amides is 2. The van der Waals surface area contributed by atoms with Crippen molar-refractivity contribution in [1.29, 1.82) is 0 Å². The molecule has 6 heteroatoms. The lowest BCUT2D eigenvalue weighted by Crippen LogP contribution is -2.56. The van der Waals surface area contributed by atoms with Crippen molar-refractivity contribution in [2.24, 2.45) is 0 Å². The summed E-state index contributed by atoms with van der Waals surface area (Å²) in [7, 11) is 2.90. The van der Waals surface area contributed by atoms with Crippen LogP contribution in [0.3, 0.4) is 0 Å². The number of nitrogens with zero attached hydrogens (tertiary/aromatic N) is 1.